The third kappa shape index (κ3) is 5.34. The molecule has 0 atom stereocenters. The fourth-order valence-corrected chi connectivity index (χ4v) is 3.03. The maximum atomic E-state index is 12.8. The van der Waals surface area contributed by atoms with Gasteiger partial charge in [-0.3, -0.25) is 4.79 Å². The van der Waals surface area contributed by atoms with Gasteiger partial charge in [0.05, 0.1) is 23.4 Å². The van der Waals surface area contributed by atoms with Crippen LogP contribution in [0.25, 0.3) is 10.8 Å². The predicted molar refractivity (Wildman–Crippen MR) is 111 cm³/mol. The molecule has 29 heavy (non-hydrogen) atoms. The molecule has 0 aliphatic rings. The number of carbonyl (C=O) groups excluding carboxylic acids is 1. The van der Waals surface area contributed by atoms with E-state index < -0.39 is 0 Å². The number of aromatic nitrogens is 1. The van der Waals surface area contributed by atoms with Crippen molar-refractivity contribution in [1.29, 1.82) is 0 Å². The Hall–Kier alpha value is -2.90. The molecule has 154 valence electrons. The van der Waals surface area contributed by atoms with Crippen LogP contribution >= 0.6 is 0 Å². The van der Waals surface area contributed by atoms with Crippen LogP contribution in [-0.4, -0.2) is 44.4 Å². The number of carbonyl (C=O) groups is 1. The number of hydrogen-bond donors (Lipinski definition) is 2. The summed E-state index contributed by atoms with van der Waals surface area (Å²) in [7, 11) is 1.66. The first-order valence-corrected chi connectivity index (χ1v) is 9.65. The van der Waals surface area contributed by atoms with Crippen molar-refractivity contribution < 1.29 is 18.8 Å². The minimum Gasteiger partial charge on any atom is -0.488 e. The highest BCUT2D eigenvalue weighted by Crippen LogP contribution is 2.27. The van der Waals surface area contributed by atoms with Gasteiger partial charge in [0.2, 0.25) is 0 Å². The van der Waals surface area contributed by atoms with Crippen molar-refractivity contribution >= 4 is 16.7 Å². The van der Waals surface area contributed by atoms with Crippen molar-refractivity contribution in [3.63, 3.8) is 0 Å². The van der Waals surface area contributed by atoms with Gasteiger partial charge in [-0.1, -0.05) is 29.4 Å². The van der Waals surface area contributed by atoms with Crippen molar-refractivity contribution in [2.45, 2.75) is 20.5 Å². The first-order valence-electron chi connectivity index (χ1n) is 9.65. The number of fused-ring (bicyclic) bond motifs is 1. The Morgan fingerprint density at radius 2 is 1.86 bits per heavy atom. The lowest BCUT2D eigenvalue weighted by Crippen LogP contribution is -2.33. The summed E-state index contributed by atoms with van der Waals surface area (Å²) in [5.41, 5.74) is 2.19. The van der Waals surface area contributed by atoms with Crippen LogP contribution < -0.4 is 15.4 Å². The Kier molecular flexibility index (Phi) is 7.21. The molecule has 1 aromatic heterocycles. The average Bonchev–Trinajstić information content (AvgIpc) is 3.05. The summed E-state index contributed by atoms with van der Waals surface area (Å²) in [5.74, 6) is 1.09. The van der Waals surface area contributed by atoms with E-state index in [1.54, 1.807) is 7.11 Å². The van der Waals surface area contributed by atoms with Crippen molar-refractivity contribution in [3.8, 4) is 5.75 Å². The third-order valence-electron chi connectivity index (χ3n) is 4.72. The lowest BCUT2D eigenvalue weighted by molar-refractivity contribution is 0.0949. The molecule has 3 rings (SSSR count). The molecule has 3 aromatic rings. The van der Waals surface area contributed by atoms with Crippen LogP contribution in [0.15, 0.2) is 40.9 Å². The number of hydrogen-bond acceptors (Lipinski definition) is 6. The highest BCUT2D eigenvalue weighted by atomic mass is 16.5. The fraction of sp³-hybridized carbons (Fsp3) is 0.364. The quantitative estimate of drug-likeness (QED) is 0.512. The van der Waals surface area contributed by atoms with Gasteiger partial charge < -0.3 is 24.6 Å². The van der Waals surface area contributed by atoms with Crippen molar-refractivity contribution in [2.24, 2.45) is 0 Å². The normalized spacial score (nSPS) is 11.0. The van der Waals surface area contributed by atoms with Crippen molar-refractivity contribution in [3.05, 3.63) is 59.0 Å². The second-order valence-electron chi connectivity index (χ2n) is 6.79. The Balaban J connectivity index is 1.75. The summed E-state index contributed by atoms with van der Waals surface area (Å²) in [4.78, 5) is 12.8. The first-order chi connectivity index (χ1) is 14.1. The van der Waals surface area contributed by atoms with Crippen LogP contribution in [0.1, 0.15) is 27.4 Å². The second-order valence-corrected chi connectivity index (χ2v) is 6.79. The monoisotopic (exact) mass is 397 g/mol. The number of nitrogens with zero attached hydrogens (tertiary/aromatic N) is 1. The standard InChI is InChI=1S/C22H27N3O4/c1-15-20(16(2)29-25-15)14-28-21-13-18-7-5-4-6-17(18)12-19(21)22(26)24-9-8-23-10-11-27-3/h4-7,12-13,23H,8-11,14H2,1-3H3,(H,24,26). The summed E-state index contributed by atoms with van der Waals surface area (Å²) < 4.78 is 16.2. The molecule has 0 spiro atoms. The Labute approximate surface area is 170 Å². The van der Waals surface area contributed by atoms with E-state index in [1.165, 1.54) is 0 Å². The summed E-state index contributed by atoms with van der Waals surface area (Å²) >= 11 is 0. The zero-order valence-electron chi connectivity index (χ0n) is 17.1. The maximum Gasteiger partial charge on any atom is 0.255 e. The van der Waals surface area contributed by atoms with E-state index in [4.69, 9.17) is 14.0 Å². The van der Waals surface area contributed by atoms with Crippen LogP contribution in [0.4, 0.5) is 0 Å². The molecule has 7 nitrogen and oxygen atoms in total. The van der Waals surface area contributed by atoms with E-state index >= 15 is 0 Å². The number of amides is 1. The molecular weight excluding hydrogens is 370 g/mol. The third-order valence-corrected chi connectivity index (χ3v) is 4.72. The number of benzene rings is 2. The molecule has 0 bridgehead atoms. The lowest BCUT2D eigenvalue weighted by Gasteiger charge is -2.14. The van der Waals surface area contributed by atoms with E-state index in [0.29, 0.717) is 37.6 Å². The number of nitrogens with one attached hydrogen (secondary N) is 2. The van der Waals surface area contributed by atoms with Crippen molar-refractivity contribution in [2.75, 3.05) is 33.4 Å². The molecule has 0 radical (unpaired) electrons. The van der Waals surface area contributed by atoms with E-state index in [0.717, 1.165) is 34.3 Å². The molecule has 0 aliphatic heterocycles. The van der Waals surface area contributed by atoms with Crippen molar-refractivity contribution in [1.82, 2.24) is 15.8 Å². The fourth-order valence-electron chi connectivity index (χ4n) is 3.03. The molecule has 0 saturated carbocycles. The molecular formula is C22H27N3O4. The van der Waals surface area contributed by atoms with Crippen LogP contribution in [0.2, 0.25) is 0 Å². The summed E-state index contributed by atoms with van der Waals surface area (Å²) in [6.45, 7) is 6.57. The molecule has 2 N–H and O–H groups in total. The number of ether oxygens (including phenoxy) is 2. The van der Waals surface area contributed by atoms with Gasteiger partial charge >= 0.3 is 0 Å². The Bertz CT molecular complexity index is 948. The average molecular weight is 397 g/mol. The highest BCUT2D eigenvalue weighted by molar-refractivity contribution is 6.01. The summed E-state index contributed by atoms with van der Waals surface area (Å²) in [5, 5.41) is 12.1. The smallest absolute Gasteiger partial charge is 0.255 e. The highest BCUT2D eigenvalue weighted by Gasteiger charge is 2.16. The largest absolute Gasteiger partial charge is 0.488 e. The van der Waals surface area contributed by atoms with Crippen LogP contribution in [0, 0.1) is 13.8 Å². The van der Waals surface area contributed by atoms with Gasteiger partial charge in [0.25, 0.3) is 5.91 Å². The molecule has 0 fully saturated rings. The Morgan fingerprint density at radius 1 is 1.10 bits per heavy atom. The van der Waals surface area contributed by atoms with Crippen LogP contribution in [-0.2, 0) is 11.3 Å². The van der Waals surface area contributed by atoms with E-state index in [1.807, 2.05) is 50.2 Å². The molecule has 1 amide bonds. The van der Waals surface area contributed by atoms with Gasteiger partial charge in [-0.15, -0.1) is 0 Å². The maximum absolute atomic E-state index is 12.8. The topological polar surface area (TPSA) is 85.6 Å². The molecule has 0 unspecified atom stereocenters. The molecule has 0 aliphatic carbocycles. The molecule has 1 heterocycles. The van der Waals surface area contributed by atoms with Crippen LogP contribution in [0.5, 0.6) is 5.75 Å². The van der Waals surface area contributed by atoms with Gasteiger partial charge in [0.1, 0.15) is 18.1 Å². The number of rotatable bonds is 10. The van der Waals surface area contributed by atoms with Gasteiger partial charge in [0.15, 0.2) is 0 Å². The Morgan fingerprint density at radius 3 is 2.55 bits per heavy atom. The SMILES string of the molecule is COCCNCCNC(=O)c1cc2ccccc2cc1OCc1c(C)noc1C. The second kappa shape index (κ2) is 10.0. The number of aryl methyl sites for hydroxylation is 2. The molecule has 7 heteroatoms. The van der Waals surface area contributed by atoms with E-state index in [9.17, 15) is 4.79 Å². The van der Waals surface area contributed by atoms with Crippen LogP contribution in [0.3, 0.4) is 0 Å². The van der Waals surface area contributed by atoms with Gasteiger partial charge in [0, 0.05) is 26.7 Å². The minimum atomic E-state index is -0.168. The van der Waals surface area contributed by atoms with Gasteiger partial charge in [-0.25, -0.2) is 0 Å². The predicted octanol–water partition coefficient (Wildman–Crippen LogP) is 2.99. The zero-order valence-corrected chi connectivity index (χ0v) is 17.1. The van der Waals surface area contributed by atoms with E-state index in [-0.39, 0.29) is 5.91 Å². The summed E-state index contributed by atoms with van der Waals surface area (Å²) in [6, 6.07) is 11.7. The molecule has 0 saturated heterocycles. The van der Waals surface area contributed by atoms with Gasteiger partial charge in [-0.2, -0.15) is 0 Å². The first kappa shape index (κ1) is 20.8. The lowest BCUT2D eigenvalue weighted by atomic mass is 10.1. The molecule has 2 aromatic carbocycles. The number of methoxy groups -OCH3 is 1. The van der Waals surface area contributed by atoms with Gasteiger partial charge in [-0.05, 0) is 36.8 Å². The summed E-state index contributed by atoms with van der Waals surface area (Å²) in [6.07, 6.45) is 0. The van der Waals surface area contributed by atoms with E-state index in [2.05, 4.69) is 15.8 Å². The minimum absolute atomic E-state index is 0.168. The zero-order chi connectivity index (χ0) is 20.6.